The molecule has 0 saturated carbocycles. The minimum absolute atomic E-state index is 0. The maximum atomic E-state index is 13.5. The third-order valence-electron chi connectivity index (χ3n) is 3.13. The Hall–Kier alpha value is -1.14. The van der Waals surface area contributed by atoms with E-state index in [1.54, 1.807) is 47.4 Å². The third-order valence-corrected chi connectivity index (χ3v) is 5.58. The summed E-state index contributed by atoms with van der Waals surface area (Å²) in [5.74, 6) is -0.489. The van der Waals surface area contributed by atoms with Gasteiger partial charge in [-0.05, 0) is 66.4 Å². The Balaban J connectivity index is 0.00000176. The zero-order valence-corrected chi connectivity index (χ0v) is 14.0. The molecule has 0 aliphatic carbocycles. The van der Waals surface area contributed by atoms with Crippen molar-refractivity contribution in [2.45, 2.75) is 15.5 Å². The smallest absolute Gasteiger partial charge is 0.123 e. The van der Waals surface area contributed by atoms with Gasteiger partial charge >= 0.3 is 0 Å². The fraction of sp³-hybridized carbons (Fsp3) is 0.125. The van der Waals surface area contributed by atoms with E-state index in [2.05, 4.69) is 0 Å². The number of hydrogen-bond donors (Lipinski definition) is 1. The second kappa shape index (κ2) is 7.42. The average Bonchev–Trinajstić information content (AvgIpc) is 2.79. The van der Waals surface area contributed by atoms with Crippen LogP contribution in [0.1, 0.15) is 5.56 Å². The first kappa shape index (κ1) is 17.2. The summed E-state index contributed by atoms with van der Waals surface area (Å²) in [7, 11) is 0. The molecule has 0 aliphatic heterocycles. The van der Waals surface area contributed by atoms with Gasteiger partial charge in [-0.25, -0.2) is 8.78 Å². The summed E-state index contributed by atoms with van der Waals surface area (Å²) >= 11 is 3.19. The highest BCUT2D eigenvalue weighted by atomic mass is 35.5. The molecule has 1 aromatic heterocycles. The van der Waals surface area contributed by atoms with Crippen molar-refractivity contribution in [3.63, 3.8) is 0 Å². The molecule has 0 aliphatic rings. The van der Waals surface area contributed by atoms with Crippen LogP contribution in [-0.4, -0.2) is 6.54 Å². The molecule has 6 heteroatoms. The average molecular weight is 358 g/mol. The number of fused-ring (bicyclic) bond motifs is 1. The molecule has 2 N–H and O–H groups in total. The van der Waals surface area contributed by atoms with E-state index in [-0.39, 0.29) is 24.0 Å². The highest BCUT2D eigenvalue weighted by molar-refractivity contribution is 8.01. The van der Waals surface area contributed by atoms with Gasteiger partial charge in [-0.2, -0.15) is 0 Å². The molecule has 0 radical (unpaired) electrons. The quantitative estimate of drug-likeness (QED) is 0.689. The second-order valence-electron chi connectivity index (χ2n) is 4.60. The molecule has 0 amide bonds. The van der Waals surface area contributed by atoms with Crippen molar-refractivity contribution < 1.29 is 8.78 Å². The molecule has 0 spiro atoms. The van der Waals surface area contributed by atoms with Crippen LogP contribution in [0.4, 0.5) is 8.78 Å². The molecule has 2 aromatic carbocycles. The summed E-state index contributed by atoms with van der Waals surface area (Å²) in [6.45, 7) is 0.513. The lowest BCUT2D eigenvalue weighted by Gasteiger charge is -2.03. The molecule has 1 nitrogen and oxygen atoms in total. The lowest BCUT2D eigenvalue weighted by Crippen LogP contribution is -2.02. The minimum Gasteiger partial charge on any atom is -0.330 e. The summed E-state index contributed by atoms with van der Waals surface area (Å²) < 4.78 is 28.6. The van der Waals surface area contributed by atoms with Crippen LogP contribution in [-0.2, 0) is 6.42 Å². The SMILES string of the molecule is Cl.NCCc1c(Sc2ccc(F)cc2)sc2ccc(F)cc12. The van der Waals surface area contributed by atoms with Crippen LogP contribution in [0.3, 0.4) is 0 Å². The van der Waals surface area contributed by atoms with Crippen molar-refractivity contribution in [3.8, 4) is 0 Å². The van der Waals surface area contributed by atoms with Crippen LogP contribution in [0.15, 0.2) is 51.6 Å². The number of hydrogen-bond acceptors (Lipinski definition) is 3. The number of rotatable bonds is 4. The molecule has 0 bridgehead atoms. The highest BCUT2D eigenvalue weighted by Crippen LogP contribution is 2.41. The van der Waals surface area contributed by atoms with Crippen LogP contribution in [0, 0.1) is 11.6 Å². The van der Waals surface area contributed by atoms with Crippen LogP contribution in [0.2, 0.25) is 0 Å². The summed E-state index contributed by atoms with van der Waals surface area (Å²) in [5, 5.41) is 0.926. The molecule has 22 heavy (non-hydrogen) atoms. The Kier molecular flexibility index (Phi) is 5.81. The maximum Gasteiger partial charge on any atom is 0.123 e. The molecule has 0 atom stereocenters. The summed E-state index contributed by atoms with van der Waals surface area (Å²) in [5.41, 5.74) is 6.76. The highest BCUT2D eigenvalue weighted by Gasteiger charge is 2.13. The molecule has 0 fully saturated rings. The van der Waals surface area contributed by atoms with E-state index in [1.165, 1.54) is 18.2 Å². The zero-order valence-electron chi connectivity index (χ0n) is 11.5. The molecule has 3 rings (SSSR count). The van der Waals surface area contributed by atoms with Crippen molar-refractivity contribution in [1.82, 2.24) is 0 Å². The van der Waals surface area contributed by atoms with Crippen LogP contribution >= 0.6 is 35.5 Å². The van der Waals surface area contributed by atoms with E-state index >= 15 is 0 Å². The van der Waals surface area contributed by atoms with Crippen LogP contribution < -0.4 is 5.73 Å². The normalized spacial score (nSPS) is 10.7. The van der Waals surface area contributed by atoms with Gasteiger partial charge in [0.2, 0.25) is 0 Å². The zero-order chi connectivity index (χ0) is 14.8. The lowest BCUT2D eigenvalue weighted by atomic mass is 10.1. The standard InChI is InChI=1S/C16H13F2NS2.ClH/c17-10-1-4-12(5-2-10)20-16-13(7-8-19)14-9-11(18)3-6-15(14)21-16;/h1-6,9H,7-8,19H2;1H. The van der Waals surface area contributed by atoms with Gasteiger partial charge in [0.05, 0.1) is 4.21 Å². The maximum absolute atomic E-state index is 13.5. The van der Waals surface area contributed by atoms with Gasteiger partial charge < -0.3 is 5.73 Å². The second-order valence-corrected chi connectivity index (χ2v) is 7.00. The fourth-order valence-electron chi connectivity index (χ4n) is 2.17. The summed E-state index contributed by atoms with van der Waals surface area (Å²) in [6, 6.07) is 11.2. The molecule has 3 aromatic rings. The molecular weight excluding hydrogens is 344 g/mol. The Morgan fingerprint density at radius 2 is 1.68 bits per heavy atom. The van der Waals surface area contributed by atoms with E-state index in [1.807, 2.05) is 0 Å². The van der Waals surface area contributed by atoms with Gasteiger partial charge in [0.1, 0.15) is 11.6 Å². The van der Waals surface area contributed by atoms with E-state index in [9.17, 15) is 8.78 Å². The van der Waals surface area contributed by atoms with Gasteiger partial charge in [-0.15, -0.1) is 23.7 Å². The van der Waals surface area contributed by atoms with Crippen molar-refractivity contribution in [1.29, 1.82) is 0 Å². The molecule has 116 valence electrons. The third kappa shape index (κ3) is 3.60. The number of thiophene rings is 1. The first-order chi connectivity index (χ1) is 10.2. The topological polar surface area (TPSA) is 26.0 Å². The Morgan fingerprint density at radius 1 is 1.00 bits per heavy atom. The van der Waals surface area contributed by atoms with Crippen LogP contribution in [0.5, 0.6) is 0 Å². The van der Waals surface area contributed by atoms with Crippen molar-refractivity contribution in [2.24, 2.45) is 5.73 Å². The molecule has 1 heterocycles. The Labute approximate surface area is 141 Å². The van der Waals surface area contributed by atoms with E-state index in [0.717, 1.165) is 24.8 Å². The number of benzene rings is 2. The van der Waals surface area contributed by atoms with Gasteiger partial charge in [-0.3, -0.25) is 0 Å². The predicted octanol–water partition coefficient (Wildman–Crippen LogP) is 5.25. The van der Waals surface area contributed by atoms with Gasteiger partial charge in [0.25, 0.3) is 0 Å². The Bertz CT molecular complexity index is 772. The van der Waals surface area contributed by atoms with Gasteiger partial charge in [-0.1, -0.05) is 11.8 Å². The minimum atomic E-state index is -0.250. The van der Waals surface area contributed by atoms with Crippen LogP contribution in [0.25, 0.3) is 10.1 Å². The van der Waals surface area contributed by atoms with Crippen molar-refractivity contribution in [2.75, 3.05) is 6.54 Å². The summed E-state index contributed by atoms with van der Waals surface area (Å²) in [6.07, 6.45) is 0.701. The van der Waals surface area contributed by atoms with Crippen molar-refractivity contribution >= 4 is 45.6 Å². The largest absolute Gasteiger partial charge is 0.330 e. The first-order valence-electron chi connectivity index (χ1n) is 6.52. The number of halogens is 3. The lowest BCUT2D eigenvalue weighted by molar-refractivity contribution is 0.626. The van der Waals surface area contributed by atoms with E-state index in [0.29, 0.717) is 13.0 Å². The number of nitrogens with two attached hydrogens (primary N) is 1. The monoisotopic (exact) mass is 357 g/mol. The van der Waals surface area contributed by atoms with E-state index in [4.69, 9.17) is 5.73 Å². The molecular formula is C16H14ClF2NS2. The fourth-order valence-corrected chi connectivity index (χ4v) is 4.68. The summed E-state index contributed by atoms with van der Waals surface area (Å²) in [4.78, 5) is 0.960. The Morgan fingerprint density at radius 3 is 2.36 bits per heavy atom. The van der Waals surface area contributed by atoms with Crippen molar-refractivity contribution in [3.05, 3.63) is 59.7 Å². The van der Waals surface area contributed by atoms with E-state index < -0.39 is 0 Å². The van der Waals surface area contributed by atoms with Gasteiger partial charge in [0, 0.05) is 9.60 Å². The first-order valence-corrected chi connectivity index (χ1v) is 8.15. The molecule has 0 unspecified atom stereocenters. The van der Waals surface area contributed by atoms with Gasteiger partial charge in [0.15, 0.2) is 0 Å². The molecule has 0 saturated heterocycles. The predicted molar refractivity (Wildman–Crippen MR) is 92.3 cm³/mol.